The molecule has 1 N–H and O–H groups in total. The zero-order valence-corrected chi connectivity index (χ0v) is 17.1. The van der Waals surface area contributed by atoms with E-state index >= 15 is 0 Å². The number of anilines is 1. The lowest BCUT2D eigenvalue weighted by molar-refractivity contribution is 0.0326. The van der Waals surface area contributed by atoms with E-state index in [-0.39, 0.29) is 5.91 Å². The number of morpholine rings is 1. The summed E-state index contributed by atoms with van der Waals surface area (Å²) in [6.07, 6.45) is 1.05. The molecule has 0 atom stereocenters. The fourth-order valence-electron chi connectivity index (χ4n) is 3.84. The highest BCUT2D eigenvalue weighted by atomic mass is 16.5. The Balaban J connectivity index is 1.59. The van der Waals surface area contributed by atoms with Gasteiger partial charge in [-0.25, -0.2) is 4.98 Å². The van der Waals surface area contributed by atoms with Gasteiger partial charge in [-0.15, -0.1) is 0 Å². The van der Waals surface area contributed by atoms with Crippen LogP contribution < -0.4 is 5.32 Å². The van der Waals surface area contributed by atoms with Gasteiger partial charge in [0.15, 0.2) is 0 Å². The first-order chi connectivity index (χ1) is 14.2. The third kappa shape index (κ3) is 4.33. The molecule has 2 aromatic carbocycles. The highest BCUT2D eigenvalue weighted by molar-refractivity contribution is 6.05. The van der Waals surface area contributed by atoms with Gasteiger partial charge in [-0.1, -0.05) is 25.1 Å². The van der Waals surface area contributed by atoms with E-state index in [9.17, 15) is 4.79 Å². The van der Waals surface area contributed by atoms with E-state index in [1.165, 1.54) is 0 Å². The number of nitrogens with zero attached hydrogens (tertiary/aromatic N) is 3. The molecule has 0 saturated carbocycles. The summed E-state index contributed by atoms with van der Waals surface area (Å²) in [5.41, 5.74) is 4.46. The molecule has 0 unspecified atom stereocenters. The van der Waals surface area contributed by atoms with Crippen LogP contribution >= 0.6 is 0 Å². The molecule has 1 aliphatic rings. The molecule has 0 aliphatic carbocycles. The molecule has 0 radical (unpaired) electrons. The Bertz CT molecular complexity index is 1010. The summed E-state index contributed by atoms with van der Waals surface area (Å²) >= 11 is 0. The third-order valence-electron chi connectivity index (χ3n) is 5.39. The van der Waals surface area contributed by atoms with Gasteiger partial charge in [0, 0.05) is 30.9 Å². The van der Waals surface area contributed by atoms with Crippen LogP contribution in [0.2, 0.25) is 0 Å². The maximum Gasteiger partial charge on any atom is 0.255 e. The topological polar surface area (TPSA) is 59.4 Å². The van der Waals surface area contributed by atoms with E-state index in [4.69, 9.17) is 9.72 Å². The van der Waals surface area contributed by atoms with Gasteiger partial charge in [-0.3, -0.25) is 9.69 Å². The fraction of sp³-hybridized carbons (Fsp3) is 0.391. The number of hydrogen-bond donors (Lipinski definition) is 1. The van der Waals surface area contributed by atoms with Gasteiger partial charge in [0.2, 0.25) is 0 Å². The van der Waals surface area contributed by atoms with Crippen molar-refractivity contribution < 1.29 is 9.53 Å². The van der Waals surface area contributed by atoms with Gasteiger partial charge in [-0.05, 0) is 43.2 Å². The lowest BCUT2D eigenvalue weighted by atomic mass is 10.1. The van der Waals surface area contributed by atoms with Crippen molar-refractivity contribution in [2.45, 2.75) is 33.4 Å². The molecule has 6 nitrogen and oxygen atoms in total. The predicted octanol–water partition coefficient (Wildman–Crippen LogP) is 3.84. The van der Waals surface area contributed by atoms with Gasteiger partial charge in [0.1, 0.15) is 5.82 Å². The van der Waals surface area contributed by atoms with E-state index in [0.717, 1.165) is 73.9 Å². The number of amides is 1. The molecule has 0 bridgehead atoms. The molecule has 1 aliphatic heterocycles. The monoisotopic (exact) mass is 392 g/mol. The standard InChI is InChI=1S/C23H28N4O2/c1-3-10-27-21-9-8-18(24-23(28)19-7-5-4-6-17(19)2)15-20(21)25-22(27)16-26-11-13-29-14-12-26/h4-9,15H,3,10-14,16H2,1-2H3,(H,24,28). The molecule has 1 amide bonds. The second-order valence-corrected chi connectivity index (χ2v) is 7.54. The normalized spacial score (nSPS) is 15.0. The molecular weight excluding hydrogens is 364 g/mol. The molecule has 4 rings (SSSR count). The quantitative estimate of drug-likeness (QED) is 0.692. The van der Waals surface area contributed by atoms with Crippen molar-refractivity contribution in [3.63, 3.8) is 0 Å². The van der Waals surface area contributed by atoms with Crippen LogP contribution in [0.25, 0.3) is 11.0 Å². The van der Waals surface area contributed by atoms with Gasteiger partial charge in [0.05, 0.1) is 30.8 Å². The second kappa shape index (κ2) is 8.76. The summed E-state index contributed by atoms with van der Waals surface area (Å²) in [5.74, 6) is 0.982. The Kier molecular flexibility index (Phi) is 5.92. The van der Waals surface area contributed by atoms with E-state index in [1.807, 2.05) is 43.3 Å². The fourth-order valence-corrected chi connectivity index (χ4v) is 3.84. The Morgan fingerprint density at radius 2 is 1.97 bits per heavy atom. The van der Waals surface area contributed by atoms with Crippen molar-refractivity contribution in [2.24, 2.45) is 0 Å². The summed E-state index contributed by atoms with van der Waals surface area (Å²) in [4.78, 5) is 20.0. The first-order valence-electron chi connectivity index (χ1n) is 10.3. The van der Waals surface area contributed by atoms with E-state index in [0.29, 0.717) is 5.56 Å². The summed E-state index contributed by atoms with van der Waals surface area (Å²) in [6.45, 7) is 9.32. The number of carbonyl (C=O) groups excluding carboxylic acids is 1. The number of aryl methyl sites for hydroxylation is 2. The van der Waals surface area contributed by atoms with Crippen LogP contribution in [0.15, 0.2) is 42.5 Å². The van der Waals surface area contributed by atoms with Crippen molar-refractivity contribution in [3.05, 3.63) is 59.4 Å². The number of rotatable bonds is 6. The number of imidazole rings is 1. The van der Waals surface area contributed by atoms with E-state index in [1.54, 1.807) is 0 Å². The molecule has 29 heavy (non-hydrogen) atoms. The number of aromatic nitrogens is 2. The van der Waals surface area contributed by atoms with Crippen molar-refractivity contribution in [1.82, 2.24) is 14.5 Å². The SMILES string of the molecule is CCCn1c(CN2CCOCC2)nc2cc(NC(=O)c3ccccc3C)ccc21. The van der Waals surface area contributed by atoms with Crippen LogP contribution in [-0.4, -0.2) is 46.7 Å². The number of carbonyl (C=O) groups is 1. The lowest BCUT2D eigenvalue weighted by Crippen LogP contribution is -2.36. The first kappa shape index (κ1) is 19.6. The number of benzene rings is 2. The van der Waals surface area contributed by atoms with Crippen LogP contribution in [0.3, 0.4) is 0 Å². The smallest absolute Gasteiger partial charge is 0.255 e. The zero-order chi connectivity index (χ0) is 20.2. The highest BCUT2D eigenvalue weighted by Gasteiger charge is 2.17. The number of hydrogen-bond acceptors (Lipinski definition) is 4. The molecule has 152 valence electrons. The highest BCUT2D eigenvalue weighted by Crippen LogP contribution is 2.23. The van der Waals surface area contributed by atoms with Crippen molar-refractivity contribution in [1.29, 1.82) is 0 Å². The predicted molar refractivity (Wildman–Crippen MR) is 115 cm³/mol. The summed E-state index contributed by atoms with van der Waals surface area (Å²) in [5, 5.41) is 3.02. The molecule has 2 heterocycles. The Hall–Kier alpha value is -2.70. The largest absolute Gasteiger partial charge is 0.379 e. The minimum Gasteiger partial charge on any atom is -0.379 e. The number of nitrogens with one attached hydrogen (secondary N) is 1. The summed E-state index contributed by atoms with van der Waals surface area (Å²) in [6, 6.07) is 13.6. The molecule has 1 saturated heterocycles. The van der Waals surface area contributed by atoms with Crippen LogP contribution in [0.4, 0.5) is 5.69 Å². The number of fused-ring (bicyclic) bond motifs is 1. The van der Waals surface area contributed by atoms with Gasteiger partial charge in [-0.2, -0.15) is 0 Å². The van der Waals surface area contributed by atoms with Crippen LogP contribution in [0.1, 0.15) is 35.1 Å². The van der Waals surface area contributed by atoms with Crippen LogP contribution in [-0.2, 0) is 17.8 Å². The van der Waals surface area contributed by atoms with Gasteiger partial charge < -0.3 is 14.6 Å². The van der Waals surface area contributed by atoms with Crippen molar-refractivity contribution >= 4 is 22.6 Å². The van der Waals surface area contributed by atoms with Crippen molar-refractivity contribution in [3.8, 4) is 0 Å². The number of ether oxygens (including phenoxy) is 1. The molecule has 3 aromatic rings. The van der Waals surface area contributed by atoms with Crippen molar-refractivity contribution in [2.75, 3.05) is 31.6 Å². The Labute approximate surface area is 171 Å². The van der Waals surface area contributed by atoms with Gasteiger partial charge in [0.25, 0.3) is 5.91 Å². The van der Waals surface area contributed by atoms with Crippen LogP contribution in [0.5, 0.6) is 0 Å². The molecule has 1 aromatic heterocycles. The van der Waals surface area contributed by atoms with Gasteiger partial charge >= 0.3 is 0 Å². The first-order valence-corrected chi connectivity index (χ1v) is 10.3. The second-order valence-electron chi connectivity index (χ2n) is 7.54. The Morgan fingerprint density at radius 3 is 2.72 bits per heavy atom. The zero-order valence-electron chi connectivity index (χ0n) is 17.1. The maximum atomic E-state index is 12.7. The third-order valence-corrected chi connectivity index (χ3v) is 5.39. The minimum atomic E-state index is -0.0935. The average molecular weight is 393 g/mol. The van der Waals surface area contributed by atoms with Crippen LogP contribution in [0, 0.1) is 6.92 Å². The molecule has 0 spiro atoms. The van der Waals surface area contributed by atoms with E-state index in [2.05, 4.69) is 27.8 Å². The lowest BCUT2D eigenvalue weighted by Gasteiger charge is -2.26. The molecule has 6 heteroatoms. The Morgan fingerprint density at radius 1 is 1.17 bits per heavy atom. The molecule has 1 fully saturated rings. The summed E-state index contributed by atoms with van der Waals surface area (Å²) < 4.78 is 7.77. The minimum absolute atomic E-state index is 0.0935. The average Bonchev–Trinajstić information content (AvgIpc) is 3.05. The summed E-state index contributed by atoms with van der Waals surface area (Å²) in [7, 11) is 0. The molecular formula is C23H28N4O2. The van der Waals surface area contributed by atoms with E-state index < -0.39 is 0 Å². The maximum absolute atomic E-state index is 12.7.